The van der Waals surface area contributed by atoms with Crippen LogP contribution in [-0.2, 0) is 5.75 Å². The topological polar surface area (TPSA) is 54.6 Å². The first kappa shape index (κ1) is 14.2. The molecule has 2 heterocycles. The molecular formula is C15H11BrN2O2S. The van der Waals surface area contributed by atoms with E-state index in [1.807, 2.05) is 18.2 Å². The second kappa shape index (κ2) is 5.91. The number of halogens is 1. The standard InChI is InChI=1S/C15H11BrN2O2S/c16-10-1-6-14-17-11(7-15(20)18(14)8-10)9-21-13-4-2-12(19)3-5-13/h1-8,19H,9H2. The molecule has 0 atom stereocenters. The molecule has 3 rings (SSSR count). The molecule has 0 saturated heterocycles. The Balaban J connectivity index is 1.86. The van der Waals surface area contributed by atoms with E-state index in [1.54, 1.807) is 42.2 Å². The number of aromatic hydroxyl groups is 1. The van der Waals surface area contributed by atoms with Gasteiger partial charge < -0.3 is 5.11 Å². The van der Waals surface area contributed by atoms with Gasteiger partial charge >= 0.3 is 0 Å². The van der Waals surface area contributed by atoms with Crippen LogP contribution in [0.4, 0.5) is 0 Å². The zero-order chi connectivity index (χ0) is 14.8. The number of phenols is 1. The highest BCUT2D eigenvalue weighted by Crippen LogP contribution is 2.23. The van der Waals surface area contributed by atoms with Crippen LogP contribution in [0.15, 0.2) is 62.8 Å². The average molecular weight is 363 g/mol. The van der Waals surface area contributed by atoms with Gasteiger partial charge in [0.25, 0.3) is 5.56 Å². The molecule has 0 radical (unpaired) electrons. The van der Waals surface area contributed by atoms with Crippen LogP contribution in [0.1, 0.15) is 5.69 Å². The molecule has 106 valence electrons. The van der Waals surface area contributed by atoms with E-state index in [4.69, 9.17) is 0 Å². The van der Waals surface area contributed by atoms with Gasteiger partial charge in [-0.1, -0.05) is 0 Å². The maximum absolute atomic E-state index is 12.1. The predicted molar refractivity (Wildman–Crippen MR) is 86.8 cm³/mol. The van der Waals surface area contributed by atoms with Gasteiger partial charge in [0.05, 0.1) is 5.69 Å². The van der Waals surface area contributed by atoms with Crippen molar-refractivity contribution < 1.29 is 5.11 Å². The first-order chi connectivity index (χ1) is 10.1. The fraction of sp³-hybridized carbons (Fsp3) is 0.0667. The van der Waals surface area contributed by atoms with Gasteiger partial charge in [0.15, 0.2) is 0 Å². The van der Waals surface area contributed by atoms with Crippen LogP contribution in [0.3, 0.4) is 0 Å². The summed E-state index contributed by atoms with van der Waals surface area (Å²) >= 11 is 4.91. The van der Waals surface area contributed by atoms with E-state index in [-0.39, 0.29) is 11.3 Å². The molecule has 2 aromatic heterocycles. The van der Waals surface area contributed by atoms with Crippen LogP contribution in [-0.4, -0.2) is 14.5 Å². The fourth-order valence-electron chi connectivity index (χ4n) is 1.90. The minimum absolute atomic E-state index is 0.0948. The number of aromatic nitrogens is 2. The van der Waals surface area contributed by atoms with Gasteiger partial charge in [0.2, 0.25) is 0 Å². The maximum atomic E-state index is 12.1. The van der Waals surface area contributed by atoms with Crippen LogP contribution < -0.4 is 5.56 Å². The lowest BCUT2D eigenvalue weighted by molar-refractivity contribution is 0.475. The van der Waals surface area contributed by atoms with Crippen molar-refractivity contribution in [2.45, 2.75) is 10.6 Å². The molecule has 0 aliphatic heterocycles. The van der Waals surface area contributed by atoms with Gasteiger partial charge in [-0.05, 0) is 52.3 Å². The zero-order valence-corrected chi connectivity index (χ0v) is 13.3. The lowest BCUT2D eigenvalue weighted by Crippen LogP contribution is -2.15. The monoisotopic (exact) mass is 362 g/mol. The molecule has 0 aliphatic rings. The number of fused-ring (bicyclic) bond motifs is 1. The quantitative estimate of drug-likeness (QED) is 0.725. The molecule has 3 aromatic rings. The maximum Gasteiger partial charge on any atom is 0.258 e. The van der Waals surface area contributed by atoms with Crippen LogP contribution in [0.2, 0.25) is 0 Å². The largest absolute Gasteiger partial charge is 0.508 e. The van der Waals surface area contributed by atoms with E-state index in [2.05, 4.69) is 20.9 Å². The number of phenolic OH excluding ortho intramolecular Hbond substituents is 1. The summed E-state index contributed by atoms with van der Waals surface area (Å²) in [5.74, 6) is 0.846. The Hall–Kier alpha value is -1.79. The molecule has 4 nitrogen and oxygen atoms in total. The Kier molecular flexibility index (Phi) is 3.98. The highest BCUT2D eigenvalue weighted by molar-refractivity contribution is 9.10. The minimum Gasteiger partial charge on any atom is -0.508 e. The number of nitrogens with zero attached hydrogens (tertiary/aromatic N) is 2. The molecule has 0 amide bonds. The van der Waals surface area contributed by atoms with E-state index in [0.29, 0.717) is 11.4 Å². The van der Waals surface area contributed by atoms with E-state index < -0.39 is 0 Å². The number of thioether (sulfide) groups is 1. The van der Waals surface area contributed by atoms with Gasteiger partial charge in [-0.3, -0.25) is 9.20 Å². The smallest absolute Gasteiger partial charge is 0.258 e. The van der Waals surface area contributed by atoms with Gasteiger partial charge in [0.1, 0.15) is 11.4 Å². The Labute approximate surface area is 133 Å². The van der Waals surface area contributed by atoms with Gasteiger partial charge in [-0.15, -0.1) is 11.8 Å². The van der Waals surface area contributed by atoms with E-state index in [0.717, 1.165) is 15.1 Å². The SMILES string of the molecule is O=c1cc(CSc2ccc(O)cc2)nc2ccc(Br)cn12. The third-order valence-electron chi connectivity index (χ3n) is 2.90. The first-order valence-corrected chi connectivity index (χ1v) is 7.99. The predicted octanol–water partition coefficient (Wildman–Crippen LogP) is 3.45. The Bertz CT molecular complexity index is 846. The Morgan fingerprint density at radius 2 is 1.95 bits per heavy atom. The number of hydrogen-bond acceptors (Lipinski definition) is 4. The normalized spacial score (nSPS) is 10.9. The number of rotatable bonds is 3. The molecule has 6 heteroatoms. The van der Waals surface area contributed by atoms with Crippen LogP contribution in [0.5, 0.6) is 5.75 Å². The van der Waals surface area contributed by atoms with Crippen LogP contribution in [0, 0.1) is 0 Å². The van der Waals surface area contributed by atoms with Crippen LogP contribution >= 0.6 is 27.7 Å². The molecule has 0 fully saturated rings. The van der Waals surface area contributed by atoms with Gasteiger partial charge in [-0.2, -0.15) is 0 Å². The summed E-state index contributed by atoms with van der Waals surface area (Å²) in [5, 5.41) is 9.25. The van der Waals surface area contributed by atoms with Crippen molar-refractivity contribution in [3.8, 4) is 5.75 Å². The van der Waals surface area contributed by atoms with Crippen molar-refractivity contribution in [1.29, 1.82) is 0 Å². The molecule has 0 saturated carbocycles. The third kappa shape index (κ3) is 3.28. The fourth-order valence-corrected chi connectivity index (χ4v) is 3.03. The number of benzene rings is 1. The molecule has 0 spiro atoms. The van der Waals surface area contributed by atoms with E-state index in [1.165, 1.54) is 4.40 Å². The lowest BCUT2D eigenvalue weighted by atomic mass is 10.3. The highest BCUT2D eigenvalue weighted by atomic mass is 79.9. The third-order valence-corrected chi connectivity index (χ3v) is 4.41. The molecule has 1 N–H and O–H groups in total. The summed E-state index contributed by atoms with van der Waals surface area (Å²) in [6.07, 6.45) is 1.71. The summed E-state index contributed by atoms with van der Waals surface area (Å²) in [6.45, 7) is 0. The average Bonchev–Trinajstić information content (AvgIpc) is 2.47. The molecule has 0 aliphatic carbocycles. The summed E-state index contributed by atoms with van der Waals surface area (Å²) < 4.78 is 2.35. The Morgan fingerprint density at radius 3 is 2.71 bits per heavy atom. The van der Waals surface area contributed by atoms with Crippen molar-refractivity contribution in [3.05, 3.63) is 69.2 Å². The van der Waals surface area contributed by atoms with Gasteiger partial charge in [-0.25, -0.2) is 4.98 Å². The molecule has 0 unspecified atom stereocenters. The van der Waals surface area contributed by atoms with Crippen molar-refractivity contribution in [3.63, 3.8) is 0 Å². The lowest BCUT2D eigenvalue weighted by Gasteiger charge is -2.05. The minimum atomic E-state index is -0.0948. The number of pyridine rings is 1. The van der Waals surface area contributed by atoms with Crippen molar-refractivity contribution >= 4 is 33.3 Å². The van der Waals surface area contributed by atoms with Crippen molar-refractivity contribution in [2.75, 3.05) is 0 Å². The summed E-state index contributed by atoms with van der Waals surface area (Å²) in [7, 11) is 0. The van der Waals surface area contributed by atoms with E-state index >= 15 is 0 Å². The van der Waals surface area contributed by atoms with E-state index in [9.17, 15) is 9.90 Å². The molecular weight excluding hydrogens is 352 g/mol. The van der Waals surface area contributed by atoms with Crippen LogP contribution in [0.25, 0.3) is 5.65 Å². The van der Waals surface area contributed by atoms with Gasteiger partial charge in [0, 0.05) is 27.4 Å². The summed E-state index contributed by atoms with van der Waals surface area (Å²) in [4.78, 5) is 17.6. The second-order valence-corrected chi connectivity index (χ2v) is 6.41. The first-order valence-electron chi connectivity index (χ1n) is 6.21. The van der Waals surface area contributed by atoms with Crippen molar-refractivity contribution in [2.24, 2.45) is 0 Å². The molecule has 21 heavy (non-hydrogen) atoms. The number of hydrogen-bond donors (Lipinski definition) is 1. The molecule has 1 aromatic carbocycles. The second-order valence-electron chi connectivity index (χ2n) is 4.44. The summed E-state index contributed by atoms with van der Waals surface area (Å²) in [6, 6.07) is 12.2. The molecule has 0 bridgehead atoms. The van der Waals surface area contributed by atoms with Crippen molar-refractivity contribution in [1.82, 2.24) is 9.38 Å². The summed E-state index contributed by atoms with van der Waals surface area (Å²) in [5.41, 5.74) is 1.27. The zero-order valence-electron chi connectivity index (χ0n) is 10.9. The highest BCUT2D eigenvalue weighted by Gasteiger charge is 2.04. The Morgan fingerprint density at radius 1 is 1.19 bits per heavy atom.